The van der Waals surface area contributed by atoms with E-state index in [1.54, 1.807) is 11.3 Å². The second-order valence-corrected chi connectivity index (χ2v) is 6.04. The molecule has 0 radical (unpaired) electrons. The zero-order valence-corrected chi connectivity index (χ0v) is 11.4. The summed E-state index contributed by atoms with van der Waals surface area (Å²) < 4.78 is 0. The summed E-state index contributed by atoms with van der Waals surface area (Å²) in [6.45, 7) is 2.14. The molecule has 1 saturated carbocycles. The maximum atomic E-state index is 6.04. The number of anilines is 1. The summed E-state index contributed by atoms with van der Waals surface area (Å²) in [5.74, 6) is 2.35. The van der Waals surface area contributed by atoms with Gasteiger partial charge in [-0.25, -0.2) is 4.98 Å². The molecule has 18 heavy (non-hydrogen) atoms. The van der Waals surface area contributed by atoms with Crippen LogP contribution >= 0.6 is 11.3 Å². The van der Waals surface area contributed by atoms with E-state index >= 15 is 0 Å². The minimum absolute atomic E-state index is 0.566. The number of thiophene rings is 1. The summed E-state index contributed by atoms with van der Waals surface area (Å²) in [5, 5.41) is 8.24. The highest BCUT2D eigenvalue weighted by atomic mass is 32.1. The van der Waals surface area contributed by atoms with Crippen molar-refractivity contribution in [1.82, 2.24) is 15.2 Å². The third kappa shape index (κ3) is 2.03. The number of nitrogens with two attached hydrogens (primary N) is 1. The van der Waals surface area contributed by atoms with Crippen molar-refractivity contribution < 1.29 is 0 Å². The van der Waals surface area contributed by atoms with E-state index in [1.807, 2.05) is 0 Å². The quantitative estimate of drug-likeness (QED) is 0.891. The molecule has 96 valence electrons. The number of nitrogen functional groups attached to an aromatic ring is 1. The minimum Gasteiger partial charge on any atom is -0.390 e. The van der Waals surface area contributed by atoms with Gasteiger partial charge in [-0.2, -0.15) is 5.10 Å². The van der Waals surface area contributed by atoms with Crippen molar-refractivity contribution in [2.75, 3.05) is 5.73 Å². The zero-order valence-electron chi connectivity index (χ0n) is 10.6. The zero-order chi connectivity index (χ0) is 12.5. The van der Waals surface area contributed by atoms with Gasteiger partial charge in [0.05, 0.1) is 10.6 Å². The summed E-state index contributed by atoms with van der Waals surface area (Å²) >= 11 is 1.63. The number of hydrogen-bond donors (Lipinski definition) is 2. The number of hydrogen-bond acceptors (Lipinski definition) is 4. The van der Waals surface area contributed by atoms with E-state index in [2.05, 4.69) is 28.2 Å². The van der Waals surface area contributed by atoms with Gasteiger partial charge >= 0.3 is 0 Å². The Bertz CT molecular complexity index is 537. The van der Waals surface area contributed by atoms with Gasteiger partial charge in [0, 0.05) is 10.8 Å². The van der Waals surface area contributed by atoms with Gasteiger partial charge in [-0.15, -0.1) is 11.3 Å². The lowest BCUT2D eigenvalue weighted by Gasteiger charge is -2.01. The van der Waals surface area contributed by atoms with E-state index in [0.29, 0.717) is 5.92 Å². The standard InChI is InChI=1S/C13H18N4S/c1-2-9-7-10(11(14)18-9)13-15-12(16-17-13)8-5-3-4-6-8/h7-8H,2-6,14H2,1H3,(H,15,16,17). The van der Waals surface area contributed by atoms with Crippen molar-refractivity contribution >= 4 is 16.3 Å². The lowest BCUT2D eigenvalue weighted by atomic mass is 10.1. The van der Waals surface area contributed by atoms with E-state index in [1.165, 1.54) is 30.6 Å². The Balaban J connectivity index is 1.89. The molecule has 4 nitrogen and oxygen atoms in total. The molecule has 0 unspecified atom stereocenters. The highest BCUT2D eigenvalue weighted by Crippen LogP contribution is 2.35. The fraction of sp³-hybridized carbons (Fsp3) is 0.538. The number of aromatic amines is 1. The van der Waals surface area contributed by atoms with E-state index in [0.717, 1.165) is 28.6 Å². The van der Waals surface area contributed by atoms with Crippen LogP contribution in [-0.4, -0.2) is 15.2 Å². The van der Waals surface area contributed by atoms with Crippen molar-refractivity contribution in [3.8, 4) is 11.4 Å². The van der Waals surface area contributed by atoms with Crippen LogP contribution in [0.1, 0.15) is 49.2 Å². The number of rotatable bonds is 3. The SMILES string of the molecule is CCc1cc(-c2n[nH]c(C3CCCC3)n2)c(N)s1. The summed E-state index contributed by atoms with van der Waals surface area (Å²) in [4.78, 5) is 5.92. The number of nitrogens with zero attached hydrogens (tertiary/aromatic N) is 2. The summed E-state index contributed by atoms with van der Waals surface area (Å²) in [7, 11) is 0. The molecule has 2 aromatic heterocycles. The Morgan fingerprint density at radius 3 is 2.89 bits per heavy atom. The molecule has 1 aliphatic carbocycles. The number of aryl methyl sites for hydroxylation is 1. The van der Waals surface area contributed by atoms with Crippen LogP contribution in [0.15, 0.2) is 6.07 Å². The summed E-state index contributed by atoms with van der Waals surface area (Å²) in [5.41, 5.74) is 7.02. The first-order valence-electron chi connectivity index (χ1n) is 6.58. The Kier molecular flexibility index (Phi) is 3.07. The molecular formula is C13H18N4S. The van der Waals surface area contributed by atoms with Gasteiger partial charge in [0.1, 0.15) is 5.82 Å². The van der Waals surface area contributed by atoms with Crippen molar-refractivity contribution in [1.29, 1.82) is 0 Å². The van der Waals surface area contributed by atoms with Crippen molar-refractivity contribution in [2.24, 2.45) is 0 Å². The lowest BCUT2D eigenvalue weighted by molar-refractivity contribution is 0.672. The van der Waals surface area contributed by atoms with Crippen molar-refractivity contribution in [2.45, 2.75) is 44.9 Å². The second kappa shape index (κ2) is 4.72. The van der Waals surface area contributed by atoms with Gasteiger partial charge in [0.2, 0.25) is 0 Å². The molecule has 0 atom stereocenters. The van der Waals surface area contributed by atoms with Gasteiger partial charge in [-0.05, 0) is 25.3 Å². The summed E-state index contributed by atoms with van der Waals surface area (Å²) in [6.07, 6.45) is 6.08. The smallest absolute Gasteiger partial charge is 0.184 e. The van der Waals surface area contributed by atoms with Crippen LogP contribution in [0, 0.1) is 0 Å². The third-order valence-electron chi connectivity index (χ3n) is 3.65. The van der Waals surface area contributed by atoms with Crippen LogP contribution in [0.5, 0.6) is 0 Å². The van der Waals surface area contributed by atoms with E-state index in [4.69, 9.17) is 5.73 Å². The fourth-order valence-corrected chi connectivity index (χ4v) is 3.45. The van der Waals surface area contributed by atoms with Crippen LogP contribution < -0.4 is 5.73 Å². The van der Waals surface area contributed by atoms with Gasteiger partial charge < -0.3 is 5.73 Å². The number of aromatic nitrogens is 3. The molecule has 0 spiro atoms. The molecule has 1 aliphatic rings. The van der Waals surface area contributed by atoms with Crippen LogP contribution in [0.3, 0.4) is 0 Å². The molecule has 0 amide bonds. The monoisotopic (exact) mass is 262 g/mol. The Hall–Kier alpha value is -1.36. The number of H-pyrrole nitrogens is 1. The Morgan fingerprint density at radius 1 is 1.44 bits per heavy atom. The van der Waals surface area contributed by atoms with E-state index in [9.17, 15) is 0 Å². The normalized spacial score (nSPS) is 16.5. The van der Waals surface area contributed by atoms with Crippen LogP contribution in [-0.2, 0) is 6.42 Å². The molecule has 3 rings (SSSR count). The maximum absolute atomic E-state index is 6.04. The third-order valence-corrected chi connectivity index (χ3v) is 4.75. The van der Waals surface area contributed by atoms with Gasteiger partial charge in [0.15, 0.2) is 5.82 Å². The van der Waals surface area contributed by atoms with Gasteiger partial charge in [0.25, 0.3) is 0 Å². The molecule has 2 aromatic rings. The molecule has 0 aliphatic heterocycles. The second-order valence-electron chi connectivity index (χ2n) is 4.87. The van der Waals surface area contributed by atoms with Crippen LogP contribution in [0.2, 0.25) is 0 Å². The first-order valence-corrected chi connectivity index (χ1v) is 7.40. The van der Waals surface area contributed by atoms with Crippen molar-refractivity contribution in [3.63, 3.8) is 0 Å². The highest BCUT2D eigenvalue weighted by molar-refractivity contribution is 7.16. The van der Waals surface area contributed by atoms with Crippen LogP contribution in [0.4, 0.5) is 5.00 Å². The lowest BCUT2D eigenvalue weighted by Crippen LogP contribution is -1.94. The molecule has 0 saturated heterocycles. The molecule has 2 heterocycles. The first kappa shape index (κ1) is 11.7. The Labute approximate surface area is 111 Å². The summed E-state index contributed by atoms with van der Waals surface area (Å²) in [6, 6.07) is 2.11. The van der Waals surface area contributed by atoms with Crippen molar-refractivity contribution in [3.05, 3.63) is 16.8 Å². The molecule has 0 bridgehead atoms. The molecule has 5 heteroatoms. The topological polar surface area (TPSA) is 67.6 Å². The predicted molar refractivity (Wildman–Crippen MR) is 74.7 cm³/mol. The molecule has 3 N–H and O–H groups in total. The highest BCUT2D eigenvalue weighted by Gasteiger charge is 2.21. The average molecular weight is 262 g/mol. The first-order chi connectivity index (χ1) is 8.78. The average Bonchev–Trinajstić information content (AvgIpc) is 3.08. The van der Waals surface area contributed by atoms with Gasteiger partial charge in [-0.1, -0.05) is 19.8 Å². The van der Waals surface area contributed by atoms with Crippen LogP contribution in [0.25, 0.3) is 11.4 Å². The molecule has 0 aromatic carbocycles. The Morgan fingerprint density at radius 2 is 2.22 bits per heavy atom. The maximum Gasteiger partial charge on any atom is 0.184 e. The van der Waals surface area contributed by atoms with E-state index in [-0.39, 0.29) is 0 Å². The molecular weight excluding hydrogens is 244 g/mol. The minimum atomic E-state index is 0.566. The molecule has 1 fully saturated rings. The predicted octanol–water partition coefficient (Wildman–Crippen LogP) is 3.34. The fourth-order valence-electron chi connectivity index (χ4n) is 2.58. The van der Waals surface area contributed by atoms with E-state index < -0.39 is 0 Å². The number of nitrogens with one attached hydrogen (secondary N) is 1. The largest absolute Gasteiger partial charge is 0.390 e. The van der Waals surface area contributed by atoms with Gasteiger partial charge in [-0.3, -0.25) is 5.10 Å².